The summed E-state index contributed by atoms with van der Waals surface area (Å²) in [6, 6.07) is 0. The standard InChI is InChI=1S/Al.O2Si.3H2O/c;1-3-2;;;/h;;3*1H2/q+3;;;;/p-3. The van der Waals surface area contributed by atoms with Crippen LogP contribution >= 0.6 is 0 Å². The van der Waals surface area contributed by atoms with Crippen LogP contribution in [0.25, 0.3) is 0 Å². The van der Waals surface area contributed by atoms with E-state index in [2.05, 4.69) is 0 Å². The number of hydrogen-bond acceptors (Lipinski definition) is 5. The average Bonchev–Trinajstić information content (AvgIpc) is 0.918. The van der Waals surface area contributed by atoms with Crippen LogP contribution in [0.3, 0.4) is 0 Å². The van der Waals surface area contributed by atoms with Crippen LogP contribution in [0.2, 0.25) is 0 Å². The number of hydrogen-bond donors (Lipinski definition) is 0. The summed E-state index contributed by atoms with van der Waals surface area (Å²) >= 11 is 0. The molecule has 7 heteroatoms. The normalized spacial score (nSPS) is 1.14. The molecule has 0 aromatic rings. The number of rotatable bonds is 0. The summed E-state index contributed by atoms with van der Waals surface area (Å²) in [5.41, 5.74) is 0. The second kappa shape index (κ2) is 113. The Kier molecular flexibility index (Phi) is 909. The molecule has 0 atom stereocenters. The fraction of sp³-hybridized carbons (Fsp3) is 0. The Morgan fingerprint density at radius 3 is 0.857 bits per heavy atom. The molecule has 3 N–H and O–H groups in total. The topological polar surface area (TPSA) is 124 Å². The summed E-state index contributed by atoms with van der Waals surface area (Å²) in [5.74, 6) is 0. The maximum atomic E-state index is 8.40. The maximum Gasteiger partial charge on any atom is 3.00 e. The first-order chi connectivity index (χ1) is 1.41. The van der Waals surface area contributed by atoms with Crippen molar-refractivity contribution in [2.45, 2.75) is 0 Å². The molecule has 0 saturated heterocycles. The van der Waals surface area contributed by atoms with Crippen molar-refractivity contribution in [2.75, 3.05) is 0 Å². The molecule has 40 valence electrons. The Balaban J connectivity index is -0.00000000333. The molecule has 0 rings (SSSR count). The predicted molar refractivity (Wildman–Crippen MR) is 18.7 cm³/mol. The van der Waals surface area contributed by atoms with Gasteiger partial charge in [-0.2, -0.15) is 0 Å². The van der Waals surface area contributed by atoms with Gasteiger partial charge in [-0.25, -0.2) is 0 Å². The van der Waals surface area contributed by atoms with Gasteiger partial charge in [-0.05, 0) is 0 Å². The summed E-state index contributed by atoms with van der Waals surface area (Å²) in [4.78, 5) is 0. The zero-order chi connectivity index (χ0) is 2.71. The van der Waals surface area contributed by atoms with Crippen molar-refractivity contribution in [1.29, 1.82) is 0 Å². The molecule has 7 heavy (non-hydrogen) atoms. The third-order valence-corrected chi connectivity index (χ3v) is 0. The summed E-state index contributed by atoms with van der Waals surface area (Å²) < 4.78 is 16.8. The van der Waals surface area contributed by atoms with Gasteiger partial charge in [0, 0.05) is 0 Å². The molecule has 0 amide bonds. The molecular weight excluding hydrogens is 135 g/mol. The van der Waals surface area contributed by atoms with Crippen LogP contribution in [0, 0.1) is 0 Å². The summed E-state index contributed by atoms with van der Waals surface area (Å²) in [7, 11) is -1.42. The van der Waals surface area contributed by atoms with Crippen molar-refractivity contribution in [3.05, 3.63) is 0 Å². The molecule has 0 heterocycles. The van der Waals surface area contributed by atoms with Crippen molar-refractivity contribution in [3.63, 3.8) is 0 Å². The Labute approximate surface area is 52.7 Å². The summed E-state index contributed by atoms with van der Waals surface area (Å²) in [5, 5.41) is 0. The van der Waals surface area contributed by atoms with Gasteiger partial charge in [-0.1, -0.05) is 0 Å². The van der Waals surface area contributed by atoms with Gasteiger partial charge in [0.2, 0.25) is 0 Å². The van der Waals surface area contributed by atoms with E-state index in [-0.39, 0.29) is 33.8 Å². The van der Waals surface area contributed by atoms with E-state index in [4.69, 9.17) is 8.92 Å². The minimum atomic E-state index is -1.42. The van der Waals surface area contributed by atoms with Crippen molar-refractivity contribution in [1.82, 2.24) is 0 Å². The SMILES string of the molecule is O=[Si]=O.[Al+3].[OH-].[OH-].[OH-]. The quantitative estimate of drug-likeness (QED) is 0.375. The van der Waals surface area contributed by atoms with Crippen molar-refractivity contribution in [2.24, 2.45) is 0 Å². The third-order valence-electron chi connectivity index (χ3n) is 0. The maximum absolute atomic E-state index is 8.40. The second-order valence-corrected chi connectivity index (χ2v) is 0.250. The molecule has 0 radical (unpaired) electrons. The summed E-state index contributed by atoms with van der Waals surface area (Å²) in [6.45, 7) is 0. The van der Waals surface area contributed by atoms with Crippen LogP contribution in [0.5, 0.6) is 0 Å². The molecule has 0 bridgehead atoms. The van der Waals surface area contributed by atoms with Gasteiger partial charge in [0.1, 0.15) is 0 Å². The molecule has 5 nitrogen and oxygen atoms in total. The first-order valence-electron chi connectivity index (χ1n) is 0.408. The first-order valence-corrected chi connectivity index (χ1v) is 1.22. The molecule has 0 aliphatic carbocycles. The Morgan fingerprint density at radius 2 is 0.857 bits per heavy atom. The van der Waals surface area contributed by atoms with E-state index in [1.165, 1.54) is 0 Å². The molecular formula is H3AlO5Si. The molecule has 0 aliphatic heterocycles. The molecule has 0 unspecified atom stereocenters. The van der Waals surface area contributed by atoms with Gasteiger partial charge < -0.3 is 16.4 Å². The van der Waals surface area contributed by atoms with Gasteiger partial charge >= 0.3 is 26.7 Å². The van der Waals surface area contributed by atoms with E-state index in [9.17, 15) is 0 Å². The Morgan fingerprint density at radius 1 is 0.857 bits per heavy atom. The van der Waals surface area contributed by atoms with Crippen LogP contribution in [0.15, 0.2) is 0 Å². The van der Waals surface area contributed by atoms with Gasteiger partial charge in [0.15, 0.2) is 0 Å². The fourth-order valence-corrected chi connectivity index (χ4v) is 0. The zero-order valence-electron chi connectivity index (χ0n) is 3.24. The van der Waals surface area contributed by atoms with Crippen molar-refractivity contribution in [3.8, 4) is 0 Å². The van der Waals surface area contributed by atoms with Gasteiger partial charge in [0.05, 0.1) is 0 Å². The van der Waals surface area contributed by atoms with Crippen molar-refractivity contribution >= 4 is 26.7 Å². The second-order valence-electron chi connectivity index (χ2n) is 0.0833. The van der Waals surface area contributed by atoms with Gasteiger partial charge in [-0.3, -0.25) is 8.92 Å². The fourth-order valence-electron chi connectivity index (χ4n) is 0. The molecule has 0 aromatic heterocycles. The van der Waals surface area contributed by atoms with E-state index in [0.29, 0.717) is 0 Å². The third kappa shape index (κ3) is 2120. The average molecular weight is 138 g/mol. The van der Waals surface area contributed by atoms with E-state index in [0.717, 1.165) is 0 Å². The monoisotopic (exact) mass is 138 g/mol. The zero-order valence-corrected chi connectivity index (χ0v) is 5.39. The molecule has 0 saturated carbocycles. The minimum Gasteiger partial charge on any atom is -0.870 e. The van der Waals surface area contributed by atoms with Crippen LogP contribution in [0.1, 0.15) is 0 Å². The van der Waals surface area contributed by atoms with Crippen LogP contribution < -0.4 is 0 Å². The summed E-state index contributed by atoms with van der Waals surface area (Å²) in [6.07, 6.45) is 0. The Hall–Kier alpha value is 0.229. The van der Waals surface area contributed by atoms with Gasteiger partial charge in [-0.15, -0.1) is 0 Å². The van der Waals surface area contributed by atoms with E-state index in [1.807, 2.05) is 0 Å². The first kappa shape index (κ1) is 56.4. The molecule has 0 aliphatic rings. The van der Waals surface area contributed by atoms with E-state index in [1.54, 1.807) is 0 Å². The molecule has 0 spiro atoms. The van der Waals surface area contributed by atoms with E-state index >= 15 is 0 Å². The van der Waals surface area contributed by atoms with Gasteiger partial charge in [0.25, 0.3) is 0 Å². The minimum absolute atomic E-state index is 0. The molecule has 0 aromatic carbocycles. The van der Waals surface area contributed by atoms with E-state index < -0.39 is 9.29 Å². The van der Waals surface area contributed by atoms with Crippen LogP contribution in [0.4, 0.5) is 0 Å². The van der Waals surface area contributed by atoms with Crippen LogP contribution in [-0.4, -0.2) is 43.1 Å². The molecule has 0 fully saturated rings. The van der Waals surface area contributed by atoms with Crippen LogP contribution in [-0.2, 0) is 8.92 Å². The largest absolute Gasteiger partial charge is 3.00 e. The smallest absolute Gasteiger partial charge is 0.870 e. The Bertz CT molecular complexity index is 29.1. The van der Waals surface area contributed by atoms with Crippen molar-refractivity contribution < 1.29 is 25.4 Å². The predicted octanol–water partition coefficient (Wildman–Crippen LogP) is -1.53.